The van der Waals surface area contributed by atoms with Gasteiger partial charge in [0.2, 0.25) is 0 Å². The number of aliphatic hydroxyl groups is 2. The zero-order valence-corrected chi connectivity index (χ0v) is 20.2. The van der Waals surface area contributed by atoms with Gasteiger partial charge in [0.05, 0.1) is 31.1 Å². The average molecular weight is 510 g/mol. The van der Waals surface area contributed by atoms with Crippen LogP contribution in [0.4, 0.5) is 14.5 Å². The molecular formula is C26H25F2N5O2S. The molecule has 186 valence electrons. The summed E-state index contributed by atoms with van der Waals surface area (Å²) in [7, 11) is 0. The number of aliphatic hydroxyl groups excluding tert-OH is 2. The van der Waals surface area contributed by atoms with Crippen LogP contribution >= 0.6 is 11.9 Å². The van der Waals surface area contributed by atoms with E-state index in [4.69, 9.17) is 10.8 Å². The van der Waals surface area contributed by atoms with Gasteiger partial charge in [-0.15, -0.1) is 0 Å². The van der Waals surface area contributed by atoms with Gasteiger partial charge in [0.25, 0.3) is 0 Å². The predicted octanol–water partition coefficient (Wildman–Crippen LogP) is 4.28. The van der Waals surface area contributed by atoms with Crippen LogP contribution in [0.2, 0.25) is 0 Å². The maximum atomic E-state index is 14.5. The molecule has 0 saturated carbocycles. The van der Waals surface area contributed by atoms with Crippen molar-refractivity contribution in [3.63, 3.8) is 0 Å². The first-order chi connectivity index (χ1) is 17.4. The van der Waals surface area contributed by atoms with Crippen LogP contribution in [0.25, 0.3) is 27.8 Å². The molecule has 36 heavy (non-hydrogen) atoms. The molecule has 0 saturated heterocycles. The summed E-state index contributed by atoms with van der Waals surface area (Å²) in [4.78, 5) is 4.57. The Kier molecular flexibility index (Phi) is 7.99. The second-order valence-corrected chi connectivity index (χ2v) is 8.64. The molecule has 2 aromatic carbocycles. The van der Waals surface area contributed by atoms with Crippen LogP contribution in [0.15, 0.2) is 73.3 Å². The Balaban J connectivity index is 1.66. The fraction of sp³-hybridized carbons (Fsp3) is 0.154. The molecule has 5 N–H and O–H groups in total. The van der Waals surface area contributed by atoms with Gasteiger partial charge in [0.15, 0.2) is 0 Å². The van der Waals surface area contributed by atoms with Crippen LogP contribution in [0, 0.1) is 11.6 Å². The van der Waals surface area contributed by atoms with Crippen LogP contribution in [-0.2, 0) is 6.54 Å². The molecule has 2 heterocycles. The highest BCUT2D eigenvalue weighted by Gasteiger charge is 2.14. The van der Waals surface area contributed by atoms with Crippen molar-refractivity contribution in [2.75, 3.05) is 17.6 Å². The Morgan fingerprint density at radius 3 is 2.61 bits per heavy atom. The molecule has 10 heteroatoms. The van der Waals surface area contributed by atoms with Crippen molar-refractivity contribution in [1.29, 1.82) is 0 Å². The van der Waals surface area contributed by atoms with Gasteiger partial charge in [0.1, 0.15) is 11.6 Å². The normalized spacial score (nSPS) is 12.5. The highest BCUT2D eigenvalue weighted by molar-refractivity contribution is 7.99. The van der Waals surface area contributed by atoms with E-state index in [0.29, 0.717) is 22.4 Å². The largest absolute Gasteiger partial charge is 0.404 e. The van der Waals surface area contributed by atoms with Gasteiger partial charge in [-0.05, 0) is 47.5 Å². The highest BCUT2D eigenvalue weighted by atomic mass is 32.2. The van der Waals surface area contributed by atoms with Crippen molar-refractivity contribution < 1.29 is 19.0 Å². The van der Waals surface area contributed by atoms with Crippen LogP contribution in [0.3, 0.4) is 0 Å². The second-order valence-electron chi connectivity index (χ2n) is 8.03. The van der Waals surface area contributed by atoms with E-state index in [1.807, 2.05) is 24.5 Å². The molecule has 2 aromatic heterocycles. The summed E-state index contributed by atoms with van der Waals surface area (Å²) in [5, 5.41) is 22.8. The Labute approximate surface area is 211 Å². The number of hydrogen-bond acceptors (Lipinski definition) is 7. The number of rotatable bonds is 9. The zero-order chi connectivity index (χ0) is 25.7. The Bertz CT molecular complexity index is 1380. The summed E-state index contributed by atoms with van der Waals surface area (Å²) in [6, 6.07) is 12.6. The summed E-state index contributed by atoms with van der Waals surface area (Å²) in [5.74, 6) is -1.30. The Hall–Kier alpha value is -3.73. The molecule has 1 unspecified atom stereocenters. The number of nitrogens with zero attached hydrogens (tertiary/aromatic N) is 3. The molecule has 4 rings (SSSR count). The molecule has 0 aliphatic rings. The van der Waals surface area contributed by atoms with E-state index in [9.17, 15) is 13.9 Å². The fourth-order valence-corrected chi connectivity index (χ4v) is 4.13. The molecule has 0 spiro atoms. The lowest BCUT2D eigenvalue weighted by atomic mass is 9.96. The third kappa shape index (κ3) is 5.73. The van der Waals surface area contributed by atoms with E-state index >= 15 is 0 Å². The van der Waals surface area contributed by atoms with E-state index < -0.39 is 17.7 Å². The number of hydrogen-bond donors (Lipinski definition) is 4. The minimum atomic E-state index is -0.889. The molecule has 0 fully saturated rings. The molecular weight excluding hydrogens is 484 g/mol. The van der Waals surface area contributed by atoms with Crippen molar-refractivity contribution in [3.05, 3.63) is 96.2 Å². The van der Waals surface area contributed by atoms with Crippen LogP contribution < -0.4 is 10.5 Å². The molecule has 1 atom stereocenters. The minimum absolute atomic E-state index is 0.180. The zero-order valence-electron chi connectivity index (χ0n) is 19.4. The molecule has 0 aliphatic heterocycles. The van der Waals surface area contributed by atoms with Gasteiger partial charge in [-0.25, -0.2) is 8.78 Å². The van der Waals surface area contributed by atoms with Gasteiger partial charge in [0, 0.05) is 58.9 Å². The first-order valence-corrected chi connectivity index (χ1v) is 12.2. The van der Waals surface area contributed by atoms with Gasteiger partial charge >= 0.3 is 0 Å². The SMILES string of the molecule is CSNc1cc(C(=CN)c2ccc(-c3cnn(CC(O)CO)c3)cn2)cc(-c2ccc(F)cc2F)c1. The monoisotopic (exact) mass is 509 g/mol. The Morgan fingerprint density at radius 1 is 1.11 bits per heavy atom. The smallest absolute Gasteiger partial charge is 0.133 e. The van der Waals surface area contributed by atoms with E-state index in [1.165, 1.54) is 30.3 Å². The Morgan fingerprint density at radius 2 is 1.94 bits per heavy atom. The molecule has 4 aromatic rings. The lowest BCUT2D eigenvalue weighted by molar-refractivity contribution is 0.0783. The molecule has 0 amide bonds. The molecule has 7 nitrogen and oxygen atoms in total. The topological polar surface area (TPSA) is 109 Å². The number of halogens is 2. The third-order valence-electron chi connectivity index (χ3n) is 5.49. The lowest BCUT2D eigenvalue weighted by Crippen LogP contribution is -2.19. The maximum absolute atomic E-state index is 14.5. The van der Waals surface area contributed by atoms with Crippen molar-refractivity contribution in [3.8, 4) is 22.3 Å². The standard InChI is InChI=1S/C26H25F2N5O2S/c1-36-32-21-7-17(23-4-3-20(27)9-25(23)28)6-18(8-21)24(10-29)26-5-2-16(11-30-26)19-12-31-33(13-19)14-22(35)15-34/h2-13,22,32,34-35H,14-15,29H2,1H3. The first-order valence-electron chi connectivity index (χ1n) is 11.0. The minimum Gasteiger partial charge on any atom is -0.404 e. The van der Waals surface area contributed by atoms with Gasteiger partial charge in [-0.2, -0.15) is 5.10 Å². The first kappa shape index (κ1) is 25.4. The van der Waals surface area contributed by atoms with Gasteiger partial charge < -0.3 is 20.7 Å². The van der Waals surface area contributed by atoms with E-state index in [1.54, 1.807) is 35.4 Å². The average Bonchev–Trinajstić information content (AvgIpc) is 3.33. The summed E-state index contributed by atoms with van der Waals surface area (Å²) < 4.78 is 32.7. The summed E-state index contributed by atoms with van der Waals surface area (Å²) >= 11 is 1.39. The number of nitrogens with one attached hydrogen (secondary N) is 1. The van der Waals surface area contributed by atoms with E-state index in [2.05, 4.69) is 14.8 Å². The number of aromatic nitrogens is 3. The lowest BCUT2D eigenvalue weighted by Gasteiger charge is -2.14. The van der Waals surface area contributed by atoms with Crippen LogP contribution in [0.5, 0.6) is 0 Å². The highest BCUT2D eigenvalue weighted by Crippen LogP contribution is 2.33. The number of pyridine rings is 1. The molecule has 0 aliphatic carbocycles. The van der Waals surface area contributed by atoms with Crippen LogP contribution in [-0.4, -0.2) is 43.9 Å². The number of anilines is 1. The number of nitrogens with two attached hydrogens (primary N) is 1. The van der Waals surface area contributed by atoms with Crippen molar-refractivity contribution in [1.82, 2.24) is 14.8 Å². The second kappa shape index (κ2) is 11.3. The summed E-state index contributed by atoms with van der Waals surface area (Å²) in [6.07, 6.45) is 7.53. The fourth-order valence-electron chi connectivity index (χ4n) is 3.78. The van der Waals surface area contributed by atoms with Gasteiger partial charge in [-0.3, -0.25) is 9.67 Å². The summed E-state index contributed by atoms with van der Waals surface area (Å²) in [6.45, 7) is -0.164. The van der Waals surface area contributed by atoms with Crippen molar-refractivity contribution in [2.45, 2.75) is 12.6 Å². The van der Waals surface area contributed by atoms with E-state index in [0.717, 1.165) is 22.9 Å². The number of benzene rings is 2. The van der Waals surface area contributed by atoms with Crippen molar-refractivity contribution in [2.24, 2.45) is 5.73 Å². The predicted molar refractivity (Wildman–Crippen MR) is 139 cm³/mol. The molecule has 0 radical (unpaired) electrons. The molecule has 0 bridgehead atoms. The maximum Gasteiger partial charge on any atom is 0.133 e. The summed E-state index contributed by atoms with van der Waals surface area (Å²) in [5.41, 5.74) is 11.1. The van der Waals surface area contributed by atoms with Crippen LogP contribution in [0.1, 0.15) is 11.3 Å². The van der Waals surface area contributed by atoms with E-state index in [-0.39, 0.29) is 18.7 Å². The van der Waals surface area contributed by atoms with Crippen molar-refractivity contribution >= 4 is 23.2 Å². The quantitative estimate of drug-likeness (QED) is 0.249. The third-order valence-corrected chi connectivity index (χ3v) is 5.93. The van der Waals surface area contributed by atoms with Gasteiger partial charge in [-0.1, -0.05) is 18.0 Å².